The Morgan fingerprint density at radius 1 is 0.382 bits per heavy atom. The van der Waals surface area contributed by atoms with Crippen molar-refractivity contribution < 1.29 is 144 Å². The summed E-state index contributed by atoms with van der Waals surface area (Å²) in [6, 6.07) is -1.86. The van der Waals surface area contributed by atoms with Gasteiger partial charge in [0.25, 0.3) is 0 Å². The molecule has 6 heterocycles. The predicted octanol–water partition coefficient (Wildman–Crippen LogP) is -11.9. The molecule has 0 aliphatic carbocycles. The Hall–Kier alpha value is -1.65. The van der Waals surface area contributed by atoms with Crippen molar-refractivity contribution in [2.75, 3.05) is 26.4 Å². The Morgan fingerprint density at radius 3 is 1.32 bits per heavy atom. The van der Waals surface area contributed by atoms with Gasteiger partial charge in [0.2, 0.25) is 5.91 Å². The lowest BCUT2D eigenvalue weighted by molar-refractivity contribution is -0.400. The van der Waals surface area contributed by atoms with Gasteiger partial charge < -0.3 is 144 Å². The minimum atomic E-state index is -2.19. The second-order valence-electron chi connectivity index (χ2n) is 17.5. The van der Waals surface area contributed by atoms with Crippen LogP contribution in [-0.2, 0) is 56.9 Å². The maximum Gasteiger partial charge on any atom is 0.217 e. The smallest absolute Gasteiger partial charge is 0.217 e. The Morgan fingerprint density at radius 2 is 0.794 bits per heavy atom. The quantitative estimate of drug-likeness (QED) is 0.0724. The number of rotatable bonds is 15. The van der Waals surface area contributed by atoms with E-state index >= 15 is 0 Å². The van der Waals surface area contributed by atoms with E-state index in [9.17, 15) is 91.6 Å². The number of nitrogens with one attached hydrogen (secondary N) is 1. The van der Waals surface area contributed by atoms with Gasteiger partial charge in [-0.3, -0.25) is 4.79 Å². The van der Waals surface area contributed by atoms with Crippen molar-refractivity contribution in [1.29, 1.82) is 0 Å². The molecule has 1 amide bonds. The molecule has 0 bridgehead atoms. The molecule has 0 aromatic rings. The molecule has 6 saturated heterocycles. The van der Waals surface area contributed by atoms with Crippen molar-refractivity contribution >= 4 is 5.91 Å². The van der Waals surface area contributed by atoms with Crippen molar-refractivity contribution in [1.82, 2.24) is 5.32 Å². The molecule has 0 aromatic carbocycles. The number of carbonyl (C=O) groups excluding carboxylic acids is 1. The minimum absolute atomic E-state index is 0.894. The topological polar surface area (TPSA) is 475 Å². The molecule has 18 N–H and O–H groups in total. The Kier molecular flexibility index (Phi) is 19.2. The first-order valence-corrected chi connectivity index (χ1v) is 21.8. The summed E-state index contributed by atoms with van der Waals surface area (Å²) in [5.41, 5.74) is 0. The van der Waals surface area contributed by atoms with Crippen LogP contribution in [0.3, 0.4) is 0 Å². The number of amides is 1. The summed E-state index contributed by atoms with van der Waals surface area (Å²) in [7, 11) is 0. The van der Waals surface area contributed by atoms with Crippen LogP contribution < -0.4 is 5.32 Å². The number of hydrogen-bond donors (Lipinski definition) is 18. The normalized spacial score (nSPS) is 52.6. The van der Waals surface area contributed by atoms with Gasteiger partial charge in [0.1, 0.15) is 134 Å². The van der Waals surface area contributed by atoms with Crippen LogP contribution in [0.25, 0.3) is 0 Å². The molecule has 0 spiro atoms. The lowest BCUT2D eigenvalue weighted by atomic mass is 9.93. The van der Waals surface area contributed by atoms with Gasteiger partial charge in [-0.25, -0.2) is 0 Å². The van der Waals surface area contributed by atoms with E-state index in [1.165, 1.54) is 13.8 Å². The number of aliphatic hydroxyl groups is 17. The molecule has 30 atom stereocenters. The molecule has 30 nitrogen and oxygen atoms in total. The van der Waals surface area contributed by atoms with Gasteiger partial charge in [0.05, 0.1) is 38.6 Å². The molecule has 6 rings (SSSR count). The van der Waals surface area contributed by atoms with Crippen LogP contribution in [0.15, 0.2) is 0 Å². The summed E-state index contributed by atoms with van der Waals surface area (Å²) < 4.78 is 63.9. The maximum absolute atomic E-state index is 13.1. The third kappa shape index (κ3) is 11.4. The SMILES string of the molecule is CC(=O)N[C@H]1[C@H](O[C@H]2[C@@H](O)[C@@H](CO)O[C@@H](O[C@H]3[C@H](O)[C@@H](O)C(O)O[C@@H]3CO)[C@@H]2O)O[C@H](CO)[C@@H](O[C@H]2O[C@H](C)[C@H](O)[C@H](O)[C@H]2O)[C@@H]1O[C@@H]1O[C@H](CO)[C@H](O)[C@H](O)[C@H]1O[C@H]1O[C@H](C)[C@H](O)[C@H](O)[C@H]1O. The van der Waals surface area contributed by atoms with Crippen LogP contribution in [0.1, 0.15) is 20.8 Å². The fourth-order valence-electron chi connectivity index (χ4n) is 8.78. The third-order valence-corrected chi connectivity index (χ3v) is 12.8. The van der Waals surface area contributed by atoms with Crippen LogP contribution >= 0.6 is 0 Å². The molecule has 0 saturated carbocycles. The largest absolute Gasteiger partial charge is 0.394 e. The monoisotopic (exact) mass is 999 g/mol. The average Bonchev–Trinajstić information content (AvgIpc) is 3.31. The fourth-order valence-corrected chi connectivity index (χ4v) is 8.78. The van der Waals surface area contributed by atoms with E-state index in [4.69, 9.17) is 52.1 Å². The predicted molar refractivity (Wildman–Crippen MR) is 208 cm³/mol. The van der Waals surface area contributed by atoms with E-state index in [1.807, 2.05) is 0 Å². The van der Waals surface area contributed by atoms with E-state index in [1.54, 1.807) is 0 Å². The summed E-state index contributed by atoms with van der Waals surface area (Å²) >= 11 is 0. The van der Waals surface area contributed by atoms with Crippen molar-refractivity contribution in [3.63, 3.8) is 0 Å². The van der Waals surface area contributed by atoms with Gasteiger partial charge in [0.15, 0.2) is 37.7 Å². The Labute approximate surface area is 386 Å². The molecule has 6 fully saturated rings. The van der Waals surface area contributed by atoms with Crippen LogP contribution in [0.5, 0.6) is 0 Å². The zero-order chi connectivity index (χ0) is 50.2. The molecule has 68 heavy (non-hydrogen) atoms. The van der Waals surface area contributed by atoms with Gasteiger partial charge in [-0.1, -0.05) is 0 Å². The number of ether oxygens (including phenoxy) is 11. The second-order valence-corrected chi connectivity index (χ2v) is 17.5. The van der Waals surface area contributed by atoms with Crippen molar-refractivity contribution in [3.05, 3.63) is 0 Å². The zero-order valence-corrected chi connectivity index (χ0v) is 36.7. The van der Waals surface area contributed by atoms with Crippen molar-refractivity contribution in [2.45, 2.75) is 205 Å². The Balaban J connectivity index is 1.39. The number of hydrogen-bond acceptors (Lipinski definition) is 29. The van der Waals surface area contributed by atoms with Crippen LogP contribution in [0.4, 0.5) is 0 Å². The maximum atomic E-state index is 13.1. The minimum Gasteiger partial charge on any atom is -0.394 e. The number of carbonyl (C=O) groups is 1. The highest BCUT2D eigenvalue weighted by atomic mass is 16.8. The summed E-state index contributed by atoms with van der Waals surface area (Å²) in [6.45, 7) is -0.357. The molecule has 0 radical (unpaired) electrons. The third-order valence-electron chi connectivity index (χ3n) is 12.8. The standard InChI is InChI=1S/C38H65NO29/c1-8-16(45)20(49)25(54)35(58-8)65-29-14(7-43)63-34(67-31-19(48)12(5-41)61-37(27(31)56)64-28-13(6-42)60-33(57)24(53)23(28)52)15(39-10(3)44)30(29)66-38-32(22(51)18(47)11(4-40)62-38)68-36-26(55)21(50)17(46)9(2)59-36/h8-9,11-38,40-43,45-57H,4-7H2,1-3H3,(H,39,44)/t8-,9-,11-,12-,13-,14-,15-,16+,17+,18+,19+,20+,21+,22+,23-,24-,25-,26-,27-,28-,29-,30-,31+,32-,33?,34+,35-,36-,37+,38+/m1/s1. The summed E-state index contributed by atoms with van der Waals surface area (Å²) in [5, 5.41) is 184. The summed E-state index contributed by atoms with van der Waals surface area (Å²) in [4.78, 5) is 13.1. The molecule has 30 heteroatoms. The summed E-state index contributed by atoms with van der Waals surface area (Å²) in [5.74, 6) is -0.894. The highest BCUT2D eigenvalue weighted by molar-refractivity contribution is 5.73. The van der Waals surface area contributed by atoms with Gasteiger partial charge in [0, 0.05) is 6.92 Å². The van der Waals surface area contributed by atoms with Gasteiger partial charge in [-0.15, -0.1) is 0 Å². The van der Waals surface area contributed by atoms with E-state index in [0.29, 0.717) is 0 Å². The molecular formula is C38H65NO29. The lowest BCUT2D eigenvalue weighted by Gasteiger charge is -2.52. The first kappa shape index (κ1) is 55.7. The van der Waals surface area contributed by atoms with E-state index < -0.39 is 217 Å². The molecule has 6 aliphatic rings. The van der Waals surface area contributed by atoms with Crippen LogP contribution in [0, 0.1) is 0 Å². The highest BCUT2D eigenvalue weighted by Crippen LogP contribution is 2.38. The first-order chi connectivity index (χ1) is 32.1. The van der Waals surface area contributed by atoms with Crippen molar-refractivity contribution in [3.8, 4) is 0 Å². The first-order valence-electron chi connectivity index (χ1n) is 21.8. The van der Waals surface area contributed by atoms with E-state index in [-0.39, 0.29) is 0 Å². The van der Waals surface area contributed by atoms with Gasteiger partial charge in [-0.05, 0) is 13.8 Å². The van der Waals surface area contributed by atoms with Gasteiger partial charge in [-0.2, -0.15) is 0 Å². The molecule has 1 unspecified atom stereocenters. The van der Waals surface area contributed by atoms with Crippen LogP contribution in [0.2, 0.25) is 0 Å². The van der Waals surface area contributed by atoms with Crippen LogP contribution in [-0.4, -0.2) is 303 Å². The molecule has 396 valence electrons. The molecular weight excluding hydrogens is 934 g/mol. The summed E-state index contributed by atoms with van der Waals surface area (Å²) in [6.07, 6.45) is -54.0. The average molecular weight is 1000 g/mol. The molecule has 6 aliphatic heterocycles. The lowest BCUT2D eigenvalue weighted by Crippen LogP contribution is -2.71. The Bertz CT molecular complexity index is 1590. The van der Waals surface area contributed by atoms with Crippen molar-refractivity contribution in [2.24, 2.45) is 0 Å². The van der Waals surface area contributed by atoms with Gasteiger partial charge >= 0.3 is 0 Å². The highest BCUT2D eigenvalue weighted by Gasteiger charge is 2.59. The second kappa shape index (κ2) is 23.5. The fraction of sp³-hybridized carbons (Fsp3) is 0.974. The molecule has 0 aromatic heterocycles. The van der Waals surface area contributed by atoms with E-state index in [2.05, 4.69) is 5.32 Å². The zero-order valence-electron chi connectivity index (χ0n) is 36.7. The van der Waals surface area contributed by atoms with E-state index in [0.717, 1.165) is 6.92 Å². The number of aliphatic hydroxyl groups excluding tert-OH is 17.